The molecule has 0 bridgehead atoms. The van der Waals surface area contributed by atoms with Gasteiger partial charge in [0.1, 0.15) is 0 Å². The van der Waals surface area contributed by atoms with E-state index in [1.54, 1.807) is 26.0 Å². The summed E-state index contributed by atoms with van der Waals surface area (Å²) in [7, 11) is -3.86. The molecule has 0 atom stereocenters. The number of aryl methyl sites for hydroxylation is 2. The first kappa shape index (κ1) is 23.1. The molecule has 30 heavy (non-hydrogen) atoms. The summed E-state index contributed by atoms with van der Waals surface area (Å²) in [5, 5.41) is 2.77. The van der Waals surface area contributed by atoms with E-state index in [0.29, 0.717) is 22.6 Å². The summed E-state index contributed by atoms with van der Waals surface area (Å²) < 4.78 is 29.9. The Bertz CT molecular complexity index is 1220. The summed E-state index contributed by atoms with van der Waals surface area (Å²) in [6.45, 7) is 3.52. The predicted molar refractivity (Wildman–Crippen MR) is 131 cm³/mol. The average Bonchev–Trinajstić information content (AvgIpc) is 2.63. The molecule has 0 fully saturated rings. The maximum absolute atomic E-state index is 12.6. The van der Waals surface area contributed by atoms with Gasteiger partial charge in [-0.3, -0.25) is 4.79 Å². The van der Waals surface area contributed by atoms with Gasteiger partial charge in [-0.1, -0.05) is 15.9 Å². The van der Waals surface area contributed by atoms with Crippen LogP contribution in [0.1, 0.15) is 21.7 Å². The van der Waals surface area contributed by atoms with Crippen molar-refractivity contribution >= 4 is 82.0 Å². The fraction of sp³-hybridized carbons (Fsp3) is 0.105. The summed E-state index contributed by atoms with van der Waals surface area (Å²) in [5.41, 5.74) is 2.27. The van der Waals surface area contributed by atoms with Crippen LogP contribution in [0.25, 0.3) is 0 Å². The van der Waals surface area contributed by atoms with E-state index in [4.69, 9.17) is 0 Å². The lowest BCUT2D eigenvalue weighted by Crippen LogP contribution is -2.16. The third kappa shape index (κ3) is 5.56. The zero-order chi connectivity index (χ0) is 22.1. The number of benzene rings is 2. The molecule has 156 valence electrons. The summed E-state index contributed by atoms with van der Waals surface area (Å²) in [6.07, 6.45) is 0. The van der Waals surface area contributed by atoms with Crippen molar-refractivity contribution in [1.29, 1.82) is 0 Å². The smallest absolute Gasteiger partial charge is 0.264 e. The second-order valence-corrected chi connectivity index (χ2v) is 10.8. The second-order valence-electron chi connectivity index (χ2n) is 6.31. The molecule has 0 saturated heterocycles. The lowest BCUT2D eigenvalue weighted by Gasteiger charge is -2.11. The fourth-order valence-electron chi connectivity index (χ4n) is 2.59. The van der Waals surface area contributed by atoms with Gasteiger partial charge in [0.25, 0.3) is 15.9 Å². The molecule has 0 aliphatic carbocycles. The van der Waals surface area contributed by atoms with E-state index in [1.165, 1.54) is 24.3 Å². The molecule has 2 aromatic carbocycles. The van der Waals surface area contributed by atoms with Crippen LogP contribution >= 0.6 is 54.5 Å². The lowest BCUT2D eigenvalue weighted by atomic mass is 10.2. The Morgan fingerprint density at radius 1 is 1.00 bits per heavy atom. The first-order valence-electron chi connectivity index (χ1n) is 8.46. The molecule has 0 unspecified atom stereocenters. The number of hydrogen-bond donors (Lipinski definition) is 2. The molecule has 7 nitrogen and oxygen atoms in total. The van der Waals surface area contributed by atoms with Crippen LogP contribution in [0.3, 0.4) is 0 Å². The molecule has 3 rings (SSSR count). The van der Waals surface area contributed by atoms with Gasteiger partial charge in [-0.2, -0.15) is 0 Å². The van der Waals surface area contributed by atoms with Crippen molar-refractivity contribution in [1.82, 2.24) is 9.97 Å². The number of halogens is 3. The van der Waals surface area contributed by atoms with Crippen LogP contribution in [-0.2, 0) is 10.0 Å². The standard InChI is InChI=1S/C19H15Br2IN4O3S/c1-10-7-11(2)24-19(23-10)26-30(28,29)14-5-3-13(4-6-14)25-18(27)15-8-12(20)9-16(21)17(15)22/h3-9H,1-2H3,(H,25,27)(H,23,24,26). The minimum atomic E-state index is -3.86. The molecular weight excluding hydrogens is 651 g/mol. The highest BCUT2D eigenvalue weighted by atomic mass is 127. The summed E-state index contributed by atoms with van der Waals surface area (Å²) in [4.78, 5) is 20.8. The van der Waals surface area contributed by atoms with Crippen LogP contribution in [0.5, 0.6) is 0 Å². The van der Waals surface area contributed by atoms with Crippen LogP contribution in [0.15, 0.2) is 56.3 Å². The van der Waals surface area contributed by atoms with Crippen LogP contribution in [0.2, 0.25) is 0 Å². The minimum absolute atomic E-state index is 0.0136. The maximum atomic E-state index is 12.6. The monoisotopic (exact) mass is 664 g/mol. The molecule has 2 N–H and O–H groups in total. The van der Waals surface area contributed by atoms with Gasteiger partial charge in [-0.25, -0.2) is 23.1 Å². The SMILES string of the molecule is Cc1cc(C)nc(NS(=O)(=O)c2ccc(NC(=O)c3cc(Br)cc(Br)c3I)cc2)n1. The molecule has 0 aliphatic rings. The molecule has 1 heterocycles. The Balaban J connectivity index is 1.78. The van der Waals surface area contributed by atoms with Crippen LogP contribution in [0.4, 0.5) is 11.6 Å². The van der Waals surface area contributed by atoms with Crippen molar-refractivity contribution in [3.05, 3.63) is 71.9 Å². The van der Waals surface area contributed by atoms with Crippen molar-refractivity contribution in [3.63, 3.8) is 0 Å². The van der Waals surface area contributed by atoms with E-state index in [-0.39, 0.29) is 16.8 Å². The Kier molecular flexibility index (Phi) is 7.15. The topological polar surface area (TPSA) is 101 Å². The zero-order valence-electron chi connectivity index (χ0n) is 15.7. The van der Waals surface area contributed by atoms with Gasteiger partial charge in [-0.05, 0) is 94.8 Å². The Morgan fingerprint density at radius 2 is 1.60 bits per heavy atom. The van der Waals surface area contributed by atoms with Gasteiger partial charge >= 0.3 is 0 Å². The number of rotatable bonds is 5. The molecule has 0 spiro atoms. The number of sulfonamides is 1. The number of anilines is 2. The molecular formula is C19H15Br2IN4O3S. The van der Waals surface area contributed by atoms with Gasteiger partial charge in [0.15, 0.2) is 0 Å². The average molecular weight is 666 g/mol. The molecule has 3 aromatic rings. The van der Waals surface area contributed by atoms with Gasteiger partial charge in [0.05, 0.1) is 10.5 Å². The quantitative estimate of drug-likeness (QED) is 0.286. The summed E-state index contributed by atoms with van der Waals surface area (Å²) >= 11 is 8.87. The second kappa shape index (κ2) is 9.28. The van der Waals surface area contributed by atoms with Gasteiger partial charge in [-0.15, -0.1) is 0 Å². The van der Waals surface area contributed by atoms with Gasteiger partial charge < -0.3 is 5.32 Å². The number of aromatic nitrogens is 2. The largest absolute Gasteiger partial charge is 0.322 e. The van der Waals surface area contributed by atoms with Crippen LogP contribution < -0.4 is 10.0 Å². The van der Waals surface area contributed by atoms with E-state index >= 15 is 0 Å². The van der Waals surface area contributed by atoms with Crippen LogP contribution in [0, 0.1) is 17.4 Å². The highest BCUT2D eigenvalue weighted by Gasteiger charge is 2.17. The number of nitrogens with zero attached hydrogens (tertiary/aromatic N) is 2. The molecule has 0 saturated carbocycles. The van der Waals surface area contributed by atoms with Crippen molar-refractivity contribution in [2.75, 3.05) is 10.0 Å². The van der Waals surface area contributed by atoms with E-state index in [0.717, 1.165) is 12.5 Å². The molecule has 0 aliphatic heterocycles. The van der Waals surface area contributed by atoms with E-state index < -0.39 is 10.0 Å². The highest BCUT2D eigenvalue weighted by Crippen LogP contribution is 2.28. The normalized spacial score (nSPS) is 11.2. The zero-order valence-corrected chi connectivity index (χ0v) is 21.8. The predicted octanol–water partition coefficient (Wildman–Crippen LogP) is 5.28. The molecule has 1 aromatic heterocycles. The number of carbonyl (C=O) groups excluding carboxylic acids is 1. The van der Waals surface area contributed by atoms with E-state index in [2.05, 4.69) is 74.5 Å². The van der Waals surface area contributed by atoms with Gasteiger partial charge in [0.2, 0.25) is 5.95 Å². The number of hydrogen-bond acceptors (Lipinski definition) is 5. The van der Waals surface area contributed by atoms with Crippen LogP contribution in [-0.4, -0.2) is 24.3 Å². The summed E-state index contributed by atoms with van der Waals surface area (Å²) in [5.74, 6) is -0.293. The number of amides is 1. The van der Waals surface area contributed by atoms with Crippen molar-refractivity contribution in [3.8, 4) is 0 Å². The lowest BCUT2D eigenvalue weighted by molar-refractivity contribution is 0.102. The third-order valence-corrected chi connectivity index (χ3v) is 8.20. The molecule has 11 heteroatoms. The minimum Gasteiger partial charge on any atom is -0.322 e. The van der Waals surface area contributed by atoms with Gasteiger partial charge in [0, 0.05) is 29.6 Å². The Hall–Kier alpha value is -1.57. The maximum Gasteiger partial charge on any atom is 0.264 e. The first-order chi connectivity index (χ1) is 14.0. The fourth-order valence-corrected chi connectivity index (χ4v) is 5.31. The first-order valence-corrected chi connectivity index (χ1v) is 12.6. The summed E-state index contributed by atoms with van der Waals surface area (Å²) in [6, 6.07) is 11.2. The Labute approximate surface area is 204 Å². The molecule has 1 amide bonds. The van der Waals surface area contributed by atoms with Crippen molar-refractivity contribution in [2.24, 2.45) is 0 Å². The van der Waals surface area contributed by atoms with E-state index in [1.807, 2.05) is 6.07 Å². The number of carbonyl (C=O) groups is 1. The molecule has 0 radical (unpaired) electrons. The highest BCUT2D eigenvalue weighted by molar-refractivity contribution is 14.1. The van der Waals surface area contributed by atoms with E-state index in [9.17, 15) is 13.2 Å². The van der Waals surface area contributed by atoms with Crippen molar-refractivity contribution in [2.45, 2.75) is 18.7 Å². The number of nitrogens with one attached hydrogen (secondary N) is 2. The van der Waals surface area contributed by atoms with Crippen molar-refractivity contribution < 1.29 is 13.2 Å². The Morgan fingerprint density at radius 3 is 2.20 bits per heavy atom. The third-order valence-electron chi connectivity index (χ3n) is 3.87.